The van der Waals surface area contributed by atoms with E-state index in [1.54, 1.807) is 0 Å². The van der Waals surface area contributed by atoms with Crippen LogP contribution in [0.3, 0.4) is 0 Å². The van der Waals surface area contributed by atoms with Gasteiger partial charge in [-0.3, -0.25) is 0 Å². The van der Waals surface area contributed by atoms with Gasteiger partial charge in [-0.15, -0.1) is 11.3 Å². The van der Waals surface area contributed by atoms with Crippen molar-refractivity contribution in [3.05, 3.63) is 52.1 Å². The van der Waals surface area contributed by atoms with Crippen LogP contribution in [0, 0.1) is 10.5 Å². The maximum absolute atomic E-state index is 3.59. The van der Waals surface area contributed by atoms with Crippen molar-refractivity contribution in [3.8, 4) is 0 Å². The van der Waals surface area contributed by atoms with Gasteiger partial charge in [-0.25, -0.2) is 0 Å². The lowest BCUT2D eigenvalue weighted by Crippen LogP contribution is -2.17. The molecule has 0 fully saturated rings. The van der Waals surface area contributed by atoms with Crippen LogP contribution in [0.2, 0.25) is 0 Å². The molecule has 1 aromatic heterocycles. The van der Waals surface area contributed by atoms with Crippen molar-refractivity contribution in [2.75, 3.05) is 7.05 Å². The predicted molar refractivity (Wildman–Crippen MR) is 94.5 cm³/mol. The summed E-state index contributed by atoms with van der Waals surface area (Å²) in [6.45, 7) is 2.14. The van der Waals surface area contributed by atoms with E-state index in [0.29, 0.717) is 0 Å². The third-order valence-electron chi connectivity index (χ3n) is 2.72. The number of benzene rings is 1. The van der Waals surface area contributed by atoms with Gasteiger partial charge in [0, 0.05) is 22.3 Å². The molecule has 0 amide bonds. The highest BCUT2D eigenvalue weighted by molar-refractivity contribution is 14.1. The van der Waals surface area contributed by atoms with Crippen molar-refractivity contribution in [2.24, 2.45) is 0 Å². The zero-order valence-corrected chi connectivity index (χ0v) is 16.1. The summed E-state index contributed by atoms with van der Waals surface area (Å²) in [4.78, 5) is 2.65. The van der Waals surface area contributed by atoms with Gasteiger partial charge in [-0.1, -0.05) is 15.9 Å². The van der Waals surface area contributed by atoms with E-state index in [9.17, 15) is 0 Å². The van der Waals surface area contributed by atoms with Gasteiger partial charge in [0.05, 0.1) is 6.04 Å². The Labute approximate surface area is 142 Å². The third-order valence-corrected chi connectivity index (χ3v) is 6.40. The van der Waals surface area contributed by atoms with Gasteiger partial charge in [-0.05, 0) is 82.3 Å². The first-order valence-electron chi connectivity index (χ1n) is 5.41. The molecule has 0 bridgehead atoms. The van der Waals surface area contributed by atoms with Crippen molar-refractivity contribution >= 4 is 65.8 Å². The quantitative estimate of drug-likeness (QED) is 0.549. The summed E-state index contributed by atoms with van der Waals surface area (Å²) in [6, 6.07) is 8.85. The van der Waals surface area contributed by atoms with E-state index in [2.05, 4.69) is 91.0 Å². The molecule has 0 spiro atoms. The van der Waals surface area contributed by atoms with E-state index in [0.717, 1.165) is 4.47 Å². The minimum atomic E-state index is 0.240. The van der Waals surface area contributed by atoms with Crippen molar-refractivity contribution < 1.29 is 0 Å². The zero-order chi connectivity index (χ0) is 13.3. The molecule has 1 heterocycles. The first-order chi connectivity index (χ1) is 8.52. The van der Waals surface area contributed by atoms with Gasteiger partial charge in [0.1, 0.15) is 0 Å². The largest absolute Gasteiger partial charge is 0.309 e. The van der Waals surface area contributed by atoms with Crippen molar-refractivity contribution in [2.45, 2.75) is 13.0 Å². The van der Waals surface area contributed by atoms with Crippen LogP contribution in [0.25, 0.3) is 0 Å². The molecular weight excluding hydrogens is 489 g/mol. The molecule has 0 radical (unpaired) electrons. The standard InChI is InChI=1S/C13H12Br2INS/c1-7-10(15)6-12(18-7)13(17-2)9-5-8(14)3-4-11(9)16/h3-6,13,17H,1-2H3. The Bertz CT molecular complexity index is 549. The van der Waals surface area contributed by atoms with E-state index in [1.165, 1.54) is 23.4 Å². The van der Waals surface area contributed by atoms with E-state index < -0.39 is 0 Å². The van der Waals surface area contributed by atoms with E-state index >= 15 is 0 Å². The van der Waals surface area contributed by atoms with Gasteiger partial charge in [0.2, 0.25) is 0 Å². The van der Waals surface area contributed by atoms with Crippen molar-refractivity contribution in [1.29, 1.82) is 0 Å². The highest BCUT2D eigenvalue weighted by Crippen LogP contribution is 2.35. The number of hydrogen-bond donors (Lipinski definition) is 1. The van der Waals surface area contributed by atoms with Gasteiger partial charge >= 0.3 is 0 Å². The molecule has 96 valence electrons. The molecule has 1 nitrogen and oxygen atoms in total. The molecule has 0 saturated carbocycles. The van der Waals surface area contributed by atoms with Gasteiger partial charge in [0.25, 0.3) is 0 Å². The fraction of sp³-hybridized carbons (Fsp3) is 0.231. The van der Waals surface area contributed by atoms with Crippen molar-refractivity contribution in [1.82, 2.24) is 5.32 Å². The zero-order valence-electron chi connectivity index (χ0n) is 9.93. The molecule has 18 heavy (non-hydrogen) atoms. The summed E-state index contributed by atoms with van der Waals surface area (Å²) >= 11 is 11.4. The van der Waals surface area contributed by atoms with Crippen molar-refractivity contribution in [3.63, 3.8) is 0 Å². The van der Waals surface area contributed by atoms with Gasteiger partial charge < -0.3 is 5.32 Å². The molecule has 1 aromatic carbocycles. The minimum Gasteiger partial charge on any atom is -0.309 e. The van der Waals surface area contributed by atoms with Gasteiger partial charge in [-0.2, -0.15) is 0 Å². The van der Waals surface area contributed by atoms with Gasteiger partial charge in [0.15, 0.2) is 0 Å². The van der Waals surface area contributed by atoms with Crippen LogP contribution >= 0.6 is 65.8 Å². The highest BCUT2D eigenvalue weighted by Gasteiger charge is 2.18. The first kappa shape index (κ1) is 15.0. The average molecular weight is 501 g/mol. The minimum absolute atomic E-state index is 0.240. The van der Waals surface area contributed by atoms with Crippen LogP contribution < -0.4 is 5.32 Å². The molecule has 2 rings (SSSR count). The summed E-state index contributed by atoms with van der Waals surface area (Å²) in [5.74, 6) is 0. The normalized spacial score (nSPS) is 12.7. The number of thiophene rings is 1. The predicted octanol–water partition coefficient (Wildman–Crippen LogP) is 5.49. The Morgan fingerprint density at radius 2 is 2.00 bits per heavy atom. The Balaban J connectivity index is 2.48. The molecule has 1 N–H and O–H groups in total. The second-order valence-corrected chi connectivity index (χ2v) is 8.16. The molecular formula is C13H12Br2INS. The van der Waals surface area contributed by atoms with Crippen LogP contribution in [-0.2, 0) is 0 Å². The molecule has 1 unspecified atom stereocenters. The maximum atomic E-state index is 3.59. The Morgan fingerprint density at radius 3 is 2.56 bits per heavy atom. The number of rotatable bonds is 3. The van der Waals surface area contributed by atoms with Crippen LogP contribution in [0.1, 0.15) is 21.4 Å². The fourth-order valence-electron chi connectivity index (χ4n) is 1.81. The fourth-order valence-corrected chi connectivity index (χ4v) is 4.53. The maximum Gasteiger partial charge on any atom is 0.0679 e. The topological polar surface area (TPSA) is 12.0 Å². The lowest BCUT2D eigenvalue weighted by molar-refractivity contribution is 0.700. The van der Waals surface area contributed by atoms with E-state index in [4.69, 9.17) is 0 Å². The van der Waals surface area contributed by atoms with E-state index in [1.807, 2.05) is 18.4 Å². The molecule has 0 aliphatic heterocycles. The summed E-state index contributed by atoms with van der Waals surface area (Å²) in [6.07, 6.45) is 0. The molecule has 5 heteroatoms. The highest BCUT2D eigenvalue weighted by atomic mass is 127. The molecule has 2 aromatic rings. The first-order valence-corrected chi connectivity index (χ1v) is 8.89. The number of nitrogens with one attached hydrogen (secondary N) is 1. The molecule has 1 atom stereocenters. The summed E-state index contributed by atoms with van der Waals surface area (Å²) in [5, 5.41) is 3.41. The van der Waals surface area contributed by atoms with Crippen LogP contribution in [0.4, 0.5) is 0 Å². The average Bonchev–Trinajstić information content (AvgIpc) is 2.65. The molecule has 0 aliphatic carbocycles. The Morgan fingerprint density at radius 1 is 1.28 bits per heavy atom. The molecule has 0 saturated heterocycles. The molecule has 0 aliphatic rings. The second-order valence-electron chi connectivity index (χ2n) is 3.94. The van der Waals surface area contributed by atoms with Crippen LogP contribution in [0.5, 0.6) is 0 Å². The monoisotopic (exact) mass is 499 g/mol. The summed E-state index contributed by atoms with van der Waals surface area (Å²) < 4.78 is 3.58. The summed E-state index contributed by atoms with van der Waals surface area (Å²) in [7, 11) is 2.00. The van der Waals surface area contributed by atoms with E-state index in [-0.39, 0.29) is 6.04 Å². The third kappa shape index (κ3) is 3.17. The van der Waals surface area contributed by atoms with Crippen LogP contribution in [-0.4, -0.2) is 7.05 Å². The van der Waals surface area contributed by atoms with Crippen LogP contribution in [0.15, 0.2) is 33.2 Å². The Kier molecular flexibility index (Phi) is 5.28. The smallest absolute Gasteiger partial charge is 0.0679 e. The number of halogens is 3. The number of hydrogen-bond acceptors (Lipinski definition) is 2. The lowest BCUT2D eigenvalue weighted by atomic mass is 10.1. The lowest BCUT2D eigenvalue weighted by Gasteiger charge is -2.17. The number of aryl methyl sites for hydroxylation is 1. The summed E-state index contributed by atoms with van der Waals surface area (Å²) in [5.41, 5.74) is 1.31. The Hall–Kier alpha value is 0.570. The second kappa shape index (κ2) is 6.35. The SMILES string of the molecule is CNC(c1cc(Br)c(C)s1)c1cc(Br)ccc1I.